The Morgan fingerprint density at radius 2 is 1.87 bits per heavy atom. The van der Waals surface area contributed by atoms with Crippen LogP contribution in [0.3, 0.4) is 0 Å². The Labute approximate surface area is 94.0 Å². The lowest BCUT2D eigenvalue weighted by molar-refractivity contribution is 0.288. The number of thiophene rings is 1. The van der Waals surface area contributed by atoms with Crippen molar-refractivity contribution in [1.82, 2.24) is 0 Å². The molecule has 0 unspecified atom stereocenters. The van der Waals surface area contributed by atoms with Crippen LogP contribution in [0.1, 0.15) is 12.0 Å². The molecule has 0 aliphatic heterocycles. The molecule has 2 rings (SSSR count). The summed E-state index contributed by atoms with van der Waals surface area (Å²) in [5.41, 5.74) is 2.57. The van der Waals surface area contributed by atoms with Crippen LogP contribution in [0.5, 0.6) is 0 Å². The van der Waals surface area contributed by atoms with Crippen LogP contribution in [0.4, 0.5) is 0 Å². The number of aryl methyl sites for hydroxylation is 1. The van der Waals surface area contributed by atoms with E-state index in [0.29, 0.717) is 0 Å². The first kappa shape index (κ1) is 10.4. The summed E-state index contributed by atoms with van der Waals surface area (Å²) >= 11 is 1.76. The minimum absolute atomic E-state index is 0.271. The molecule has 1 N–H and O–H groups in total. The first-order valence-electron chi connectivity index (χ1n) is 5.14. The fourth-order valence-electron chi connectivity index (χ4n) is 1.56. The summed E-state index contributed by atoms with van der Waals surface area (Å²) in [4.78, 5) is 1.31. The maximum Gasteiger partial charge on any atom is 0.0434 e. The normalized spacial score (nSPS) is 10.5. The molecule has 1 nitrogen and oxygen atoms in total. The van der Waals surface area contributed by atoms with Crippen molar-refractivity contribution in [2.75, 3.05) is 6.61 Å². The van der Waals surface area contributed by atoms with Gasteiger partial charge in [-0.25, -0.2) is 0 Å². The molecular weight excluding hydrogens is 204 g/mol. The number of aliphatic hydroxyl groups excluding tert-OH is 1. The minimum Gasteiger partial charge on any atom is -0.396 e. The molecule has 0 radical (unpaired) electrons. The molecule has 2 aromatic rings. The quantitative estimate of drug-likeness (QED) is 0.834. The van der Waals surface area contributed by atoms with Gasteiger partial charge in [-0.05, 0) is 35.4 Å². The van der Waals surface area contributed by atoms with E-state index >= 15 is 0 Å². The molecule has 0 spiro atoms. The lowest BCUT2D eigenvalue weighted by atomic mass is 10.1. The number of hydrogen-bond donors (Lipinski definition) is 1. The average Bonchev–Trinajstić information content (AvgIpc) is 2.80. The number of hydrogen-bond acceptors (Lipinski definition) is 2. The molecule has 0 saturated carbocycles. The van der Waals surface area contributed by atoms with Gasteiger partial charge in [0.25, 0.3) is 0 Å². The van der Waals surface area contributed by atoms with E-state index in [4.69, 9.17) is 5.11 Å². The van der Waals surface area contributed by atoms with Crippen molar-refractivity contribution in [3.8, 4) is 10.4 Å². The Bertz CT molecular complexity index is 389. The van der Waals surface area contributed by atoms with Crippen LogP contribution in [0.15, 0.2) is 41.8 Å². The van der Waals surface area contributed by atoms with Gasteiger partial charge in [-0.15, -0.1) is 11.3 Å². The molecule has 0 saturated heterocycles. The van der Waals surface area contributed by atoms with E-state index in [2.05, 4.69) is 41.8 Å². The van der Waals surface area contributed by atoms with Crippen molar-refractivity contribution >= 4 is 11.3 Å². The highest BCUT2D eigenvalue weighted by molar-refractivity contribution is 7.13. The topological polar surface area (TPSA) is 20.2 Å². The van der Waals surface area contributed by atoms with Gasteiger partial charge < -0.3 is 5.11 Å². The number of benzene rings is 1. The molecule has 2 heteroatoms. The second kappa shape index (κ2) is 5.10. The predicted molar refractivity (Wildman–Crippen MR) is 65.2 cm³/mol. The third kappa shape index (κ3) is 2.67. The van der Waals surface area contributed by atoms with Crippen LogP contribution < -0.4 is 0 Å². The predicted octanol–water partition coefficient (Wildman–Crippen LogP) is 3.34. The van der Waals surface area contributed by atoms with E-state index in [1.807, 2.05) is 0 Å². The van der Waals surface area contributed by atoms with Crippen molar-refractivity contribution < 1.29 is 5.11 Å². The Hall–Kier alpha value is -1.12. The number of rotatable bonds is 4. The molecule has 0 aliphatic rings. The van der Waals surface area contributed by atoms with Crippen molar-refractivity contribution in [2.45, 2.75) is 12.8 Å². The molecule has 0 atom stereocenters. The van der Waals surface area contributed by atoms with E-state index in [1.54, 1.807) is 11.3 Å². The van der Waals surface area contributed by atoms with Gasteiger partial charge in [-0.1, -0.05) is 30.3 Å². The minimum atomic E-state index is 0.271. The second-order valence-corrected chi connectivity index (χ2v) is 4.45. The summed E-state index contributed by atoms with van der Waals surface area (Å²) < 4.78 is 0. The van der Waals surface area contributed by atoms with E-state index in [1.165, 1.54) is 16.0 Å². The van der Waals surface area contributed by atoms with Gasteiger partial charge in [0.2, 0.25) is 0 Å². The molecular formula is C13H14OS. The van der Waals surface area contributed by atoms with Crippen LogP contribution >= 0.6 is 11.3 Å². The maximum atomic E-state index is 8.73. The fraction of sp³-hybridized carbons (Fsp3) is 0.231. The van der Waals surface area contributed by atoms with Gasteiger partial charge in [0.05, 0.1) is 0 Å². The van der Waals surface area contributed by atoms with Gasteiger partial charge in [-0.2, -0.15) is 0 Å². The van der Waals surface area contributed by atoms with Crippen LogP contribution in [0.2, 0.25) is 0 Å². The summed E-state index contributed by atoms with van der Waals surface area (Å²) in [6, 6.07) is 12.8. The largest absolute Gasteiger partial charge is 0.396 e. The Morgan fingerprint density at radius 1 is 1.07 bits per heavy atom. The Morgan fingerprint density at radius 3 is 2.47 bits per heavy atom. The highest BCUT2D eigenvalue weighted by atomic mass is 32.1. The SMILES string of the molecule is OCCCc1ccc(-c2cccs2)cc1. The van der Waals surface area contributed by atoms with Crippen LogP contribution in [-0.2, 0) is 6.42 Å². The van der Waals surface area contributed by atoms with Crippen molar-refractivity contribution in [2.24, 2.45) is 0 Å². The zero-order chi connectivity index (χ0) is 10.5. The van der Waals surface area contributed by atoms with Crippen molar-refractivity contribution in [3.63, 3.8) is 0 Å². The summed E-state index contributed by atoms with van der Waals surface area (Å²) in [7, 11) is 0. The van der Waals surface area contributed by atoms with E-state index in [9.17, 15) is 0 Å². The van der Waals surface area contributed by atoms with Crippen LogP contribution in [-0.4, -0.2) is 11.7 Å². The lowest BCUT2D eigenvalue weighted by Gasteiger charge is -2.01. The highest BCUT2D eigenvalue weighted by Gasteiger charge is 1.98. The molecule has 0 amide bonds. The molecule has 0 aliphatic carbocycles. The summed E-state index contributed by atoms with van der Waals surface area (Å²) in [5, 5.41) is 10.8. The first-order valence-corrected chi connectivity index (χ1v) is 6.02. The van der Waals surface area contributed by atoms with Gasteiger partial charge in [0.15, 0.2) is 0 Å². The Balaban J connectivity index is 2.11. The Kier molecular flexibility index (Phi) is 3.54. The highest BCUT2D eigenvalue weighted by Crippen LogP contribution is 2.24. The molecule has 1 heterocycles. The molecule has 1 aromatic carbocycles. The van der Waals surface area contributed by atoms with Gasteiger partial charge in [-0.3, -0.25) is 0 Å². The van der Waals surface area contributed by atoms with Crippen molar-refractivity contribution in [3.05, 3.63) is 47.3 Å². The second-order valence-electron chi connectivity index (χ2n) is 3.50. The third-order valence-corrected chi connectivity index (χ3v) is 3.30. The fourth-order valence-corrected chi connectivity index (χ4v) is 2.29. The van der Waals surface area contributed by atoms with E-state index < -0.39 is 0 Å². The van der Waals surface area contributed by atoms with Gasteiger partial charge in [0.1, 0.15) is 0 Å². The van der Waals surface area contributed by atoms with Gasteiger partial charge in [0, 0.05) is 11.5 Å². The zero-order valence-corrected chi connectivity index (χ0v) is 9.33. The molecule has 78 valence electrons. The van der Waals surface area contributed by atoms with Crippen molar-refractivity contribution in [1.29, 1.82) is 0 Å². The van der Waals surface area contributed by atoms with E-state index in [0.717, 1.165) is 12.8 Å². The molecule has 15 heavy (non-hydrogen) atoms. The molecule has 0 bridgehead atoms. The van der Waals surface area contributed by atoms with E-state index in [-0.39, 0.29) is 6.61 Å². The molecule has 0 fully saturated rings. The molecule has 1 aromatic heterocycles. The standard InChI is InChI=1S/C13H14OS/c14-9-1-3-11-5-7-12(8-6-11)13-4-2-10-15-13/h2,4-8,10,14H,1,3,9H2. The first-order chi connectivity index (χ1) is 7.40. The summed E-state index contributed by atoms with van der Waals surface area (Å²) in [5.74, 6) is 0. The summed E-state index contributed by atoms with van der Waals surface area (Å²) in [6.45, 7) is 0.271. The van der Waals surface area contributed by atoms with Crippen LogP contribution in [0.25, 0.3) is 10.4 Å². The monoisotopic (exact) mass is 218 g/mol. The summed E-state index contributed by atoms with van der Waals surface area (Å²) in [6.07, 6.45) is 1.81. The zero-order valence-electron chi connectivity index (χ0n) is 8.52. The van der Waals surface area contributed by atoms with Crippen LogP contribution in [0, 0.1) is 0 Å². The average molecular weight is 218 g/mol. The van der Waals surface area contributed by atoms with Gasteiger partial charge >= 0.3 is 0 Å². The lowest BCUT2D eigenvalue weighted by Crippen LogP contribution is -1.88. The third-order valence-electron chi connectivity index (χ3n) is 2.38. The number of aliphatic hydroxyl groups is 1. The maximum absolute atomic E-state index is 8.73. The smallest absolute Gasteiger partial charge is 0.0434 e.